The minimum absolute atomic E-state index is 0.911. The molecule has 0 aliphatic heterocycles. The standard InChI is InChI=1S/C54H34N2O/c1-2-17-39(18-3-1)55-49-27-8-5-22-47(49)53-41(23-13-28-50(53)55)38-30-31-44-43-20-4-7-26-48(43)56(51(44)34-38)40-19-11-15-36(33-40)35-14-10-16-37(32-35)42-24-12-25-46-45-21-6-9-29-52(45)57-54(42)46/h1-34H. The fraction of sp³-hybridized carbons (Fsp3) is 0. The van der Waals surface area contributed by atoms with Crippen molar-refractivity contribution in [3.05, 3.63) is 206 Å². The molecule has 12 aromatic rings. The molecule has 0 N–H and O–H groups in total. The van der Waals surface area contributed by atoms with E-state index in [1.54, 1.807) is 0 Å². The van der Waals surface area contributed by atoms with Gasteiger partial charge in [0.25, 0.3) is 0 Å². The first-order valence-electron chi connectivity index (χ1n) is 19.5. The van der Waals surface area contributed by atoms with Gasteiger partial charge in [-0.1, -0.05) is 146 Å². The van der Waals surface area contributed by atoms with Crippen LogP contribution in [-0.4, -0.2) is 9.13 Å². The van der Waals surface area contributed by atoms with Gasteiger partial charge in [0, 0.05) is 49.3 Å². The summed E-state index contributed by atoms with van der Waals surface area (Å²) < 4.78 is 11.3. The Hall–Kier alpha value is -7.62. The number of para-hydroxylation sites is 5. The lowest BCUT2D eigenvalue weighted by Gasteiger charge is -2.12. The third kappa shape index (κ3) is 4.86. The summed E-state index contributed by atoms with van der Waals surface area (Å²) in [6.45, 7) is 0. The van der Waals surface area contributed by atoms with Crippen molar-refractivity contribution in [1.29, 1.82) is 0 Å². The van der Waals surface area contributed by atoms with Crippen LogP contribution in [0.1, 0.15) is 0 Å². The molecule has 9 aromatic carbocycles. The van der Waals surface area contributed by atoms with Gasteiger partial charge in [0.05, 0.1) is 22.1 Å². The van der Waals surface area contributed by atoms with Crippen molar-refractivity contribution in [2.45, 2.75) is 0 Å². The summed E-state index contributed by atoms with van der Waals surface area (Å²) in [5.74, 6) is 0. The van der Waals surface area contributed by atoms with Crippen molar-refractivity contribution in [2.75, 3.05) is 0 Å². The highest BCUT2D eigenvalue weighted by atomic mass is 16.3. The highest BCUT2D eigenvalue weighted by Crippen LogP contribution is 2.42. The van der Waals surface area contributed by atoms with Gasteiger partial charge in [0.2, 0.25) is 0 Å². The Bertz CT molecular complexity index is 3530. The molecule has 0 saturated heterocycles. The van der Waals surface area contributed by atoms with E-state index < -0.39 is 0 Å². The molecule has 0 radical (unpaired) electrons. The molecule has 57 heavy (non-hydrogen) atoms. The largest absolute Gasteiger partial charge is 0.455 e. The molecule has 0 saturated carbocycles. The average molecular weight is 727 g/mol. The van der Waals surface area contributed by atoms with Crippen molar-refractivity contribution in [1.82, 2.24) is 9.13 Å². The summed E-state index contributed by atoms with van der Waals surface area (Å²) in [7, 11) is 0. The zero-order chi connectivity index (χ0) is 37.5. The maximum atomic E-state index is 6.44. The highest BCUT2D eigenvalue weighted by Gasteiger charge is 2.19. The molecule has 0 unspecified atom stereocenters. The molecule has 3 aromatic heterocycles. The molecule has 3 heterocycles. The summed E-state index contributed by atoms with van der Waals surface area (Å²) in [5, 5.41) is 7.27. The van der Waals surface area contributed by atoms with Gasteiger partial charge in [-0.3, -0.25) is 0 Å². The van der Waals surface area contributed by atoms with Crippen LogP contribution in [0, 0.1) is 0 Å². The molecule has 0 spiro atoms. The van der Waals surface area contributed by atoms with Gasteiger partial charge in [-0.25, -0.2) is 0 Å². The van der Waals surface area contributed by atoms with Crippen molar-refractivity contribution in [2.24, 2.45) is 0 Å². The summed E-state index contributed by atoms with van der Waals surface area (Å²) >= 11 is 0. The number of benzene rings is 9. The second-order valence-corrected chi connectivity index (χ2v) is 14.9. The van der Waals surface area contributed by atoms with Gasteiger partial charge >= 0.3 is 0 Å². The monoisotopic (exact) mass is 726 g/mol. The Morgan fingerprint density at radius 3 is 1.74 bits per heavy atom. The van der Waals surface area contributed by atoms with Crippen LogP contribution in [0.15, 0.2) is 211 Å². The molecular formula is C54H34N2O. The van der Waals surface area contributed by atoms with Gasteiger partial charge in [0.15, 0.2) is 0 Å². The van der Waals surface area contributed by atoms with Crippen molar-refractivity contribution in [3.8, 4) is 44.8 Å². The predicted molar refractivity (Wildman–Crippen MR) is 239 cm³/mol. The van der Waals surface area contributed by atoms with E-state index in [4.69, 9.17) is 4.42 Å². The van der Waals surface area contributed by atoms with Crippen molar-refractivity contribution in [3.63, 3.8) is 0 Å². The van der Waals surface area contributed by atoms with E-state index >= 15 is 0 Å². The first-order valence-corrected chi connectivity index (χ1v) is 19.5. The smallest absolute Gasteiger partial charge is 0.143 e. The molecule has 0 bridgehead atoms. The number of aromatic nitrogens is 2. The zero-order valence-electron chi connectivity index (χ0n) is 30.9. The first-order chi connectivity index (χ1) is 28.3. The lowest BCUT2D eigenvalue weighted by Crippen LogP contribution is -1.95. The minimum Gasteiger partial charge on any atom is -0.455 e. The zero-order valence-corrected chi connectivity index (χ0v) is 30.9. The molecular weight excluding hydrogens is 693 g/mol. The molecule has 0 atom stereocenters. The number of hydrogen-bond acceptors (Lipinski definition) is 1. The fourth-order valence-corrected chi connectivity index (χ4v) is 9.20. The Kier molecular flexibility index (Phi) is 6.93. The predicted octanol–water partition coefficient (Wildman–Crippen LogP) is 14.8. The fourth-order valence-electron chi connectivity index (χ4n) is 9.20. The minimum atomic E-state index is 0.911. The molecule has 0 fully saturated rings. The van der Waals surface area contributed by atoms with E-state index in [1.165, 1.54) is 54.7 Å². The number of rotatable bonds is 5. The lowest BCUT2D eigenvalue weighted by molar-refractivity contribution is 0.670. The third-order valence-electron chi connectivity index (χ3n) is 11.7. The van der Waals surface area contributed by atoms with Crippen LogP contribution >= 0.6 is 0 Å². The van der Waals surface area contributed by atoms with Gasteiger partial charge in [-0.2, -0.15) is 0 Å². The van der Waals surface area contributed by atoms with Crippen molar-refractivity contribution >= 4 is 65.6 Å². The van der Waals surface area contributed by atoms with Gasteiger partial charge in [-0.15, -0.1) is 0 Å². The molecule has 266 valence electrons. The second kappa shape index (κ2) is 12.5. The Morgan fingerprint density at radius 1 is 0.298 bits per heavy atom. The highest BCUT2D eigenvalue weighted by molar-refractivity contribution is 6.17. The van der Waals surface area contributed by atoms with E-state index in [0.29, 0.717) is 0 Å². The summed E-state index contributed by atoms with van der Waals surface area (Å²) in [5.41, 5.74) is 15.9. The molecule has 3 nitrogen and oxygen atoms in total. The topological polar surface area (TPSA) is 23.0 Å². The first kappa shape index (κ1) is 31.7. The number of furan rings is 1. The van der Waals surface area contributed by atoms with Crippen LogP contribution in [0.4, 0.5) is 0 Å². The summed E-state index contributed by atoms with van der Waals surface area (Å²) in [6, 6.07) is 74.5. The van der Waals surface area contributed by atoms with Gasteiger partial charge in [0.1, 0.15) is 11.2 Å². The van der Waals surface area contributed by atoms with Crippen LogP contribution in [0.5, 0.6) is 0 Å². The molecule has 0 aliphatic rings. The van der Waals surface area contributed by atoms with E-state index in [-0.39, 0.29) is 0 Å². The van der Waals surface area contributed by atoms with Crippen LogP contribution in [0.3, 0.4) is 0 Å². The van der Waals surface area contributed by atoms with E-state index in [1.807, 2.05) is 12.1 Å². The number of hydrogen-bond donors (Lipinski definition) is 0. The molecule has 12 rings (SSSR count). The SMILES string of the molecule is c1ccc(-n2c3ccccc3c3c(-c4ccc5c6ccccc6n(-c6cccc(-c7cccc(-c8cccc9c8oc8ccccc89)c7)c6)c5c4)cccc32)cc1. The van der Waals surface area contributed by atoms with E-state index in [2.05, 4.69) is 203 Å². The molecule has 3 heteroatoms. The second-order valence-electron chi connectivity index (χ2n) is 14.9. The summed E-state index contributed by atoms with van der Waals surface area (Å²) in [4.78, 5) is 0. The number of fused-ring (bicyclic) bond motifs is 9. The normalized spacial score (nSPS) is 11.9. The van der Waals surface area contributed by atoms with Crippen LogP contribution in [0.25, 0.3) is 110 Å². The molecule has 0 aliphatic carbocycles. The van der Waals surface area contributed by atoms with Gasteiger partial charge in [-0.05, 0) is 88.5 Å². The van der Waals surface area contributed by atoms with E-state index in [0.717, 1.165) is 55.6 Å². The van der Waals surface area contributed by atoms with Crippen LogP contribution in [-0.2, 0) is 0 Å². The van der Waals surface area contributed by atoms with Crippen molar-refractivity contribution < 1.29 is 4.42 Å². The number of nitrogens with zero attached hydrogens (tertiary/aromatic N) is 2. The van der Waals surface area contributed by atoms with Gasteiger partial charge < -0.3 is 13.6 Å². The third-order valence-corrected chi connectivity index (χ3v) is 11.7. The van der Waals surface area contributed by atoms with E-state index in [9.17, 15) is 0 Å². The van der Waals surface area contributed by atoms with Crippen LogP contribution in [0.2, 0.25) is 0 Å². The maximum Gasteiger partial charge on any atom is 0.143 e. The van der Waals surface area contributed by atoms with Crippen LogP contribution < -0.4 is 0 Å². The summed E-state index contributed by atoms with van der Waals surface area (Å²) in [6.07, 6.45) is 0. The lowest BCUT2D eigenvalue weighted by atomic mass is 9.97. The quantitative estimate of drug-likeness (QED) is 0.173. The Labute approximate surface area is 328 Å². The molecule has 0 amide bonds. The average Bonchev–Trinajstić information content (AvgIpc) is 3.94. The Morgan fingerprint density at radius 2 is 0.860 bits per heavy atom. The Balaban J connectivity index is 1.02. The maximum absolute atomic E-state index is 6.44.